The molecule has 0 fully saturated rings. The molecule has 0 aliphatic carbocycles. The summed E-state index contributed by atoms with van der Waals surface area (Å²) in [6.45, 7) is 3.04. The molecule has 4 N–H and O–H groups in total. The number of ether oxygens (including phenoxy) is 1. The van der Waals surface area contributed by atoms with Crippen molar-refractivity contribution < 1.29 is 24.2 Å². The Morgan fingerprint density at radius 3 is 2.36 bits per heavy atom. The van der Waals surface area contributed by atoms with Gasteiger partial charge in [-0.3, -0.25) is 14.4 Å². The van der Waals surface area contributed by atoms with Gasteiger partial charge in [0.1, 0.15) is 24.0 Å². The van der Waals surface area contributed by atoms with Crippen LogP contribution in [0.5, 0.6) is 5.75 Å². The van der Waals surface area contributed by atoms with Gasteiger partial charge in [-0.1, -0.05) is 50.2 Å². The number of anilines is 2. The Morgan fingerprint density at radius 1 is 0.974 bits per heavy atom. The van der Waals surface area contributed by atoms with Crippen molar-refractivity contribution in [2.24, 2.45) is 0 Å². The molecule has 39 heavy (non-hydrogen) atoms. The molecule has 0 aliphatic rings. The summed E-state index contributed by atoms with van der Waals surface area (Å²) in [5.74, 6) is -0.814. The molecule has 9 heteroatoms. The summed E-state index contributed by atoms with van der Waals surface area (Å²) >= 11 is 0. The van der Waals surface area contributed by atoms with Crippen molar-refractivity contribution in [2.75, 3.05) is 30.5 Å². The zero-order valence-corrected chi connectivity index (χ0v) is 22.1. The van der Waals surface area contributed by atoms with Crippen molar-refractivity contribution in [3.8, 4) is 5.75 Å². The maximum absolute atomic E-state index is 13.6. The second-order valence-corrected chi connectivity index (χ2v) is 9.39. The van der Waals surface area contributed by atoms with Crippen LogP contribution >= 0.6 is 0 Å². The summed E-state index contributed by atoms with van der Waals surface area (Å²) in [6, 6.07) is 21.8. The molecule has 0 radical (unpaired) electrons. The van der Waals surface area contributed by atoms with Crippen LogP contribution in [-0.2, 0) is 9.59 Å². The first-order chi connectivity index (χ1) is 18.8. The normalized spacial score (nSPS) is 11.7. The van der Waals surface area contributed by atoms with Gasteiger partial charge in [-0.15, -0.1) is 0 Å². The number of aliphatic hydroxyl groups is 1. The van der Waals surface area contributed by atoms with Gasteiger partial charge in [0, 0.05) is 22.3 Å². The minimum atomic E-state index is -1.27. The number of carbonyl (C=O) groups excluding carboxylic acids is 3. The van der Waals surface area contributed by atoms with E-state index < -0.39 is 30.4 Å². The predicted molar refractivity (Wildman–Crippen MR) is 151 cm³/mol. The molecule has 0 aliphatic heterocycles. The highest BCUT2D eigenvalue weighted by atomic mass is 16.5. The smallest absolute Gasteiger partial charge is 0.268 e. The highest BCUT2D eigenvalue weighted by Crippen LogP contribution is 2.28. The number of rotatable bonds is 10. The van der Waals surface area contributed by atoms with Gasteiger partial charge >= 0.3 is 0 Å². The number of fused-ring (bicyclic) bond motifs is 1. The molecule has 1 atom stereocenters. The molecule has 0 saturated heterocycles. The van der Waals surface area contributed by atoms with Gasteiger partial charge in [0.15, 0.2) is 0 Å². The standard InChI is InChI=1S/C30H32N4O5/c1-19(2)23-16-22(39-3)13-14-25(23)32-28(36)17-34(21-10-5-4-6-11-21)30(38)27(18-35)33-29(37)26-15-20-9-7-8-12-24(20)31-26/h4-16,19,27,31,35H,17-18H2,1-3H3,(H,32,36)(H,33,37)/t27-/m1/s1. The van der Waals surface area contributed by atoms with Crippen LogP contribution in [0.25, 0.3) is 10.9 Å². The number of hydrogen-bond donors (Lipinski definition) is 4. The zero-order chi connectivity index (χ0) is 27.9. The lowest BCUT2D eigenvalue weighted by Crippen LogP contribution is -2.52. The largest absolute Gasteiger partial charge is 0.497 e. The average molecular weight is 529 g/mol. The fourth-order valence-corrected chi connectivity index (χ4v) is 4.30. The molecule has 0 saturated carbocycles. The number of nitrogens with zero attached hydrogens (tertiary/aromatic N) is 1. The quantitative estimate of drug-likeness (QED) is 0.247. The highest BCUT2D eigenvalue weighted by molar-refractivity contribution is 6.07. The Morgan fingerprint density at radius 2 is 1.69 bits per heavy atom. The van der Waals surface area contributed by atoms with E-state index in [1.54, 1.807) is 55.6 Å². The second-order valence-electron chi connectivity index (χ2n) is 9.39. The van der Waals surface area contributed by atoms with Crippen LogP contribution in [0, 0.1) is 0 Å². The number of benzene rings is 3. The van der Waals surface area contributed by atoms with Crippen LogP contribution in [0.2, 0.25) is 0 Å². The van der Waals surface area contributed by atoms with Gasteiger partial charge < -0.3 is 30.4 Å². The number of amides is 3. The number of aromatic amines is 1. The molecule has 3 amide bonds. The zero-order valence-electron chi connectivity index (χ0n) is 22.1. The lowest BCUT2D eigenvalue weighted by molar-refractivity contribution is -0.123. The average Bonchev–Trinajstić information content (AvgIpc) is 3.39. The molecule has 9 nitrogen and oxygen atoms in total. The third-order valence-corrected chi connectivity index (χ3v) is 6.35. The van der Waals surface area contributed by atoms with Crippen LogP contribution < -0.4 is 20.3 Å². The first-order valence-electron chi connectivity index (χ1n) is 12.6. The van der Waals surface area contributed by atoms with Crippen LogP contribution in [0.4, 0.5) is 11.4 Å². The molecule has 0 bridgehead atoms. The van der Waals surface area contributed by atoms with Gasteiger partial charge in [-0.05, 0) is 53.9 Å². The number of H-pyrrole nitrogens is 1. The van der Waals surface area contributed by atoms with E-state index in [-0.39, 0.29) is 18.2 Å². The van der Waals surface area contributed by atoms with Gasteiger partial charge in [0.2, 0.25) is 5.91 Å². The van der Waals surface area contributed by atoms with Gasteiger partial charge in [0.25, 0.3) is 11.8 Å². The lowest BCUT2D eigenvalue weighted by Gasteiger charge is -2.27. The van der Waals surface area contributed by atoms with Crippen molar-refractivity contribution in [1.29, 1.82) is 0 Å². The first-order valence-corrected chi connectivity index (χ1v) is 12.6. The number of aliphatic hydroxyl groups excluding tert-OH is 1. The Hall–Kier alpha value is -4.63. The molecule has 0 spiro atoms. The number of nitrogens with one attached hydrogen (secondary N) is 3. The third-order valence-electron chi connectivity index (χ3n) is 6.35. The van der Waals surface area contributed by atoms with Crippen LogP contribution in [0.3, 0.4) is 0 Å². The Balaban J connectivity index is 1.54. The van der Waals surface area contributed by atoms with Crippen molar-refractivity contribution in [3.63, 3.8) is 0 Å². The molecule has 3 aromatic carbocycles. The van der Waals surface area contributed by atoms with Crippen molar-refractivity contribution in [3.05, 3.63) is 90.1 Å². The molecule has 202 valence electrons. The van der Waals surface area contributed by atoms with E-state index in [0.717, 1.165) is 16.5 Å². The van der Waals surface area contributed by atoms with Crippen molar-refractivity contribution in [1.82, 2.24) is 10.3 Å². The van der Waals surface area contributed by atoms with Gasteiger partial charge in [-0.2, -0.15) is 0 Å². The third kappa shape index (κ3) is 6.45. The Labute approximate surface area is 226 Å². The topological polar surface area (TPSA) is 124 Å². The molecule has 4 aromatic rings. The summed E-state index contributed by atoms with van der Waals surface area (Å²) in [6.07, 6.45) is 0. The molecule has 1 aromatic heterocycles. The van der Waals surface area contributed by atoms with Crippen LogP contribution in [-0.4, -0.2) is 54.1 Å². The summed E-state index contributed by atoms with van der Waals surface area (Å²) in [4.78, 5) is 44.0. The summed E-state index contributed by atoms with van der Waals surface area (Å²) < 4.78 is 5.31. The van der Waals surface area contributed by atoms with E-state index in [2.05, 4.69) is 15.6 Å². The fourth-order valence-electron chi connectivity index (χ4n) is 4.30. The number of para-hydroxylation sites is 2. The van der Waals surface area contributed by atoms with E-state index in [4.69, 9.17) is 4.74 Å². The van der Waals surface area contributed by atoms with E-state index in [1.165, 1.54) is 4.90 Å². The number of hydrogen-bond acceptors (Lipinski definition) is 5. The monoisotopic (exact) mass is 528 g/mol. The number of aromatic nitrogens is 1. The van der Waals surface area contributed by atoms with E-state index in [0.29, 0.717) is 17.1 Å². The maximum atomic E-state index is 13.6. The minimum absolute atomic E-state index is 0.112. The molecule has 4 rings (SSSR count). The SMILES string of the molecule is COc1ccc(NC(=O)CN(C(=O)[C@@H](CO)NC(=O)c2cc3ccccc3[nH]2)c2ccccc2)c(C(C)C)c1. The maximum Gasteiger partial charge on any atom is 0.268 e. The minimum Gasteiger partial charge on any atom is -0.497 e. The fraction of sp³-hybridized carbons (Fsp3) is 0.233. The second kappa shape index (κ2) is 12.3. The van der Waals surface area contributed by atoms with E-state index in [1.807, 2.05) is 44.2 Å². The molecule has 1 heterocycles. The molecular weight excluding hydrogens is 496 g/mol. The summed E-state index contributed by atoms with van der Waals surface area (Å²) in [5, 5.41) is 16.4. The van der Waals surface area contributed by atoms with Gasteiger partial charge in [0.05, 0.1) is 13.7 Å². The van der Waals surface area contributed by atoms with Crippen LogP contribution in [0.1, 0.15) is 35.8 Å². The van der Waals surface area contributed by atoms with Crippen LogP contribution in [0.15, 0.2) is 78.9 Å². The Bertz CT molecular complexity index is 1430. The number of carbonyl (C=O) groups is 3. The van der Waals surface area contributed by atoms with Crippen molar-refractivity contribution in [2.45, 2.75) is 25.8 Å². The summed E-state index contributed by atoms with van der Waals surface area (Å²) in [5.41, 5.74) is 2.99. The van der Waals surface area contributed by atoms with E-state index in [9.17, 15) is 19.5 Å². The number of methoxy groups -OCH3 is 1. The molecular formula is C30H32N4O5. The van der Waals surface area contributed by atoms with Crippen molar-refractivity contribution >= 4 is 40.0 Å². The van der Waals surface area contributed by atoms with Gasteiger partial charge in [-0.25, -0.2) is 0 Å². The predicted octanol–water partition coefficient (Wildman–Crippen LogP) is 4.06. The molecule has 0 unspecified atom stereocenters. The lowest BCUT2D eigenvalue weighted by atomic mass is 10.0. The Kier molecular flexibility index (Phi) is 8.63. The highest BCUT2D eigenvalue weighted by Gasteiger charge is 2.29. The van der Waals surface area contributed by atoms with E-state index >= 15 is 0 Å². The first kappa shape index (κ1) is 27.4. The summed E-state index contributed by atoms with van der Waals surface area (Å²) in [7, 11) is 1.58.